The number of rotatable bonds is 3. The van der Waals surface area contributed by atoms with Crippen molar-refractivity contribution < 1.29 is 12.9 Å². The van der Waals surface area contributed by atoms with Crippen molar-refractivity contribution in [2.75, 3.05) is 11.6 Å². The van der Waals surface area contributed by atoms with Gasteiger partial charge in [0.2, 0.25) is 10.0 Å². The van der Waals surface area contributed by atoms with E-state index in [9.17, 15) is 8.42 Å². The molecule has 7 nitrogen and oxygen atoms in total. The van der Waals surface area contributed by atoms with Crippen LogP contribution in [0.15, 0.2) is 52.0 Å². The number of benzene rings is 1. The lowest BCUT2D eigenvalue weighted by atomic mass is 10.2. The van der Waals surface area contributed by atoms with E-state index >= 15 is 0 Å². The third-order valence-electron chi connectivity index (χ3n) is 4.78. The molecule has 0 saturated carbocycles. The maximum Gasteiger partial charge on any atom is 0.248 e. The predicted molar refractivity (Wildman–Crippen MR) is 101 cm³/mol. The van der Waals surface area contributed by atoms with E-state index in [1.165, 1.54) is 4.31 Å². The summed E-state index contributed by atoms with van der Waals surface area (Å²) in [5, 5.41) is 3.94. The van der Waals surface area contributed by atoms with Gasteiger partial charge in [0.25, 0.3) is 0 Å². The van der Waals surface area contributed by atoms with Gasteiger partial charge in [0.05, 0.1) is 12.4 Å². The highest BCUT2D eigenvalue weighted by molar-refractivity contribution is 7.89. The number of sulfonamides is 1. The van der Waals surface area contributed by atoms with Crippen molar-refractivity contribution in [3.05, 3.63) is 65.2 Å². The van der Waals surface area contributed by atoms with Gasteiger partial charge in [-0.05, 0) is 45.0 Å². The zero-order valence-electron chi connectivity index (χ0n) is 15.4. The van der Waals surface area contributed by atoms with Crippen LogP contribution in [0, 0.1) is 20.8 Å². The van der Waals surface area contributed by atoms with Gasteiger partial charge in [-0.15, -0.1) is 0 Å². The monoisotopic (exact) mass is 384 g/mol. The molecule has 0 saturated heterocycles. The normalized spacial score (nSPS) is 16.3. The van der Waals surface area contributed by atoms with Gasteiger partial charge in [-0.1, -0.05) is 22.9 Å². The minimum absolute atomic E-state index is 0.166. The summed E-state index contributed by atoms with van der Waals surface area (Å²) in [5.74, 6) is 1.07. The molecule has 0 radical (unpaired) electrons. The molecule has 3 heterocycles. The van der Waals surface area contributed by atoms with E-state index in [0.29, 0.717) is 17.3 Å². The molecule has 4 rings (SSSR count). The fourth-order valence-corrected chi connectivity index (χ4v) is 4.68. The molecule has 140 valence electrons. The summed E-state index contributed by atoms with van der Waals surface area (Å²) in [6, 6.07) is 11.2. The van der Waals surface area contributed by atoms with Crippen LogP contribution < -0.4 is 4.90 Å². The van der Waals surface area contributed by atoms with Crippen molar-refractivity contribution in [2.45, 2.75) is 32.2 Å². The molecule has 0 fully saturated rings. The van der Waals surface area contributed by atoms with Crippen molar-refractivity contribution in [1.29, 1.82) is 0 Å². The van der Waals surface area contributed by atoms with Crippen LogP contribution in [-0.4, -0.2) is 29.5 Å². The third kappa shape index (κ3) is 3.00. The minimum Gasteiger partial charge on any atom is -0.361 e. The molecular formula is C19H20N4O3S. The first kappa shape index (κ1) is 17.7. The summed E-state index contributed by atoms with van der Waals surface area (Å²) >= 11 is 0. The lowest BCUT2D eigenvalue weighted by Crippen LogP contribution is -2.44. The second-order valence-electron chi connectivity index (χ2n) is 6.65. The van der Waals surface area contributed by atoms with E-state index in [-0.39, 0.29) is 18.1 Å². The Morgan fingerprint density at radius 3 is 2.52 bits per heavy atom. The number of fused-ring (bicyclic) bond motifs is 1. The first-order chi connectivity index (χ1) is 12.9. The van der Waals surface area contributed by atoms with E-state index in [2.05, 4.69) is 10.1 Å². The molecule has 0 bridgehead atoms. The van der Waals surface area contributed by atoms with Crippen LogP contribution in [0.5, 0.6) is 0 Å². The maximum atomic E-state index is 13.2. The average molecular weight is 384 g/mol. The number of aromatic nitrogens is 2. The van der Waals surface area contributed by atoms with Crippen molar-refractivity contribution in [3.8, 4) is 0 Å². The van der Waals surface area contributed by atoms with Gasteiger partial charge in [-0.3, -0.25) is 0 Å². The molecule has 1 aliphatic heterocycles. The van der Waals surface area contributed by atoms with Gasteiger partial charge in [-0.25, -0.2) is 13.4 Å². The summed E-state index contributed by atoms with van der Waals surface area (Å²) in [5.41, 5.74) is 3.51. The third-order valence-corrected chi connectivity index (χ3v) is 6.58. The molecule has 3 aromatic rings. The molecule has 2 aromatic heterocycles. The first-order valence-corrected chi connectivity index (χ1v) is 10.0. The van der Waals surface area contributed by atoms with E-state index in [1.807, 2.05) is 43.0 Å². The number of hydrogen-bond acceptors (Lipinski definition) is 6. The number of nitrogens with zero attached hydrogens (tertiary/aromatic N) is 4. The number of pyridine rings is 1. The quantitative estimate of drug-likeness (QED) is 0.689. The van der Waals surface area contributed by atoms with Crippen LogP contribution in [0.1, 0.15) is 22.6 Å². The molecule has 0 spiro atoms. The molecule has 0 N–H and O–H groups in total. The highest BCUT2D eigenvalue weighted by atomic mass is 32.2. The Labute approximate surface area is 158 Å². The highest BCUT2D eigenvalue weighted by Gasteiger charge is 2.37. The van der Waals surface area contributed by atoms with Crippen LogP contribution in [-0.2, 0) is 16.6 Å². The van der Waals surface area contributed by atoms with Crippen LogP contribution in [0.4, 0.5) is 11.5 Å². The van der Waals surface area contributed by atoms with Crippen molar-refractivity contribution in [1.82, 2.24) is 14.4 Å². The fourth-order valence-electron chi connectivity index (χ4n) is 3.19. The van der Waals surface area contributed by atoms with Crippen LogP contribution in [0.25, 0.3) is 0 Å². The Kier molecular flexibility index (Phi) is 4.24. The first-order valence-electron chi connectivity index (χ1n) is 8.59. The summed E-state index contributed by atoms with van der Waals surface area (Å²) in [7, 11) is -3.68. The Morgan fingerprint density at radius 1 is 1.11 bits per heavy atom. The second kappa shape index (κ2) is 6.47. The molecule has 0 aliphatic carbocycles. The summed E-state index contributed by atoms with van der Waals surface area (Å²) in [6.07, 6.45) is 1.61. The molecule has 1 aromatic carbocycles. The van der Waals surface area contributed by atoms with Gasteiger partial charge in [-0.2, -0.15) is 4.31 Å². The number of anilines is 2. The molecule has 8 heteroatoms. The Bertz CT molecular complexity index is 1070. The van der Waals surface area contributed by atoms with Gasteiger partial charge in [0.1, 0.15) is 10.7 Å². The lowest BCUT2D eigenvalue weighted by Gasteiger charge is -2.36. The van der Waals surface area contributed by atoms with Crippen molar-refractivity contribution >= 4 is 21.5 Å². The number of hydrogen-bond donors (Lipinski definition) is 0. The minimum atomic E-state index is -3.68. The summed E-state index contributed by atoms with van der Waals surface area (Å²) < 4.78 is 33.0. The summed E-state index contributed by atoms with van der Waals surface area (Å²) in [4.78, 5) is 6.46. The van der Waals surface area contributed by atoms with E-state index in [0.717, 1.165) is 16.8 Å². The Morgan fingerprint density at radius 2 is 1.85 bits per heavy atom. The number of aryl methyl sites for hydroxylation is 3. The zero-order chi connectivity index (χ0) is 19.2. The largest absolute Gasteiger partial charge is 0.361 e. The Hall–Kier alpha value is -2.71. The molecule has 0 atom stereocenters. The van der Waals surface area contributed by atoms with Crippen LogP contribution in [0.3, 0.4) is 0 Å². The van der Waals surface area contributed by atoms with E-state index < -0.39 is 10.0 Å². The molecule has 0 amide bonds. The van der Waals surface area contributed by atoms with Gasteiger partial charge < -0.3 is 9.42 Å². The SMILES string of the molecule is Cc1ccc(N2CN(Cc3c(C)noc3C)S(=O)(=O)c3cccnc32)cc1. The average Bonchev–Trinajstić information content (AvgIpc) is 2.97. The van der Waals surface area contributed by atoms with Crippen molar-refractivity contribution in [2.24, 2.45) is 0 Å². The molecule has 0 unspecified atom stereocenters. The Balaban J connectivity index is 1.81. The smallest absolute Gasteiger partial charge is 0.248 e. The van der Waals surface area contributed by atoms with Crippen molar-refractivity contribution in [3.63, 3.8) is 0 Å². The lowest BCUT2D eigenvalue weighted by molar-refractivity contribution is 0.382. The maximum absolute atomic E-state index is 13.2. The summed E-state index contributed by atoms with van der Waals surface area (Å²) in [6.45, 7) is 5.98. The van der Waals surface area contributed by atoms with E-state index in [4.69, 9.17) is 4.52 Å². The van der Waals surface area contributed by atoms with Crippen LogP contribution >= 0.6 is 0 Å². The molecule has 27 heavy (non-hydrogen) atoms. The van der Waals surface area contributed by atoms with Gasteiger partial charge >= 0.3 is 0 Å². The fraction of sp³-hybridized carbons (Fsp3) is 0.263. The van der Waals surface area contributed by atoms with Crippen LogP contribution in [0.2, 0.25) is 0 Å². The van der Waals surface area contributed by atoms with E-state index in [1.54, 1.807) is 25.3 Å². The highest BCUT2D eigenvalue weighted by Crippen LogP contribution is 2.37. The topological polar surface area (TPSA) is 79.5 Å². The molecular weight excluding hydrogens is 364 g/mol. The second-order valence-corrected chi connectivity index (χ2v) is 8.55. The van der Waals surface area contributed by atoms with Gasteiger partial charge in [0, 0.05) is 24.0 Å². The molecule has 1 aliphatic rings. The predicted octanol–water partition coefficient (Wildman–Crippen LogP) is 3.29. The zero-order valence-corrected chi connectivity index (χ0v) is 16.2. The van der Waals surface area contributed by atoms with Gasteiger partial charge in [0.15, 0.2) is 5.82 Å². The standard InChI is InChI=1S/C19H20N4O3S/c1-13-6-8-16(9-7-13)23-12-22(11-17-14(2)21-26-15(17)3)27(24,25)18-5-4-10-20-19(18)23/h4-10H,11-12H2,1-3H3.